The summed E-state index contributed by atoms with van der Waals surface area (Å²) >= 11 is 4.91. The molecule has 0 saturated carbocycles. The summed E-state index contributed by atoms with van der Waals surface area (Å²) in [6.07, 6.45) is -0.944. The normalized spacial score (nSPS) is 10.2. The van der Waals surface area contributed by atoms with Crippen LogP contribution in [0.25, 0.3) is 0 Å². The summed E-state index contributed by atoms with van der Waals surface area (Å²) in [5.74, 6) is 0. The highest BCUT2D eigenvalue weighted by molar-refractivity contribution is 9.11. The van der Waals surface area contributed by atoms with Crippen molar-refractivity contribution in [2.45, 2.75) is 6.54 Å². The molecule has 0 unspecified atom stereocenters. The zero-order chi connectivity index (χ0) is 12.3. The molecule has 1 heterocycles. The minimum absolute atomic E-state index is 0.371. The van der Waals surface area contributed by atoms with Crippen molar-refractivity contribution in [3.8, 4) is 0 Å². The van der Waals surface area contributed by atoms with E-state index in [9.17, 15) is 9.90 Å². The lowest BCUT2D eigenvalue weighted by atomic mass is 10.3. The Morgan fingerprint density at radius 3 is 2.47 bits per heavy atom. The van der Waals surface area contributed by atoms with E-state index < -0.39 is 6.09 Å². The molecule has 3 nitrogen and oxygen atoms in total. The van der Waals surface area contributed by atoms with Gasteiger partial charge < -0.3 is 5.11 Å². The summed E-state index contributed by atoms with van der Waals surface area (Å²) in [5, 5.41) is 9.21. The maximum absolute atomic E-state index is 11.2. The molecule has 1 N–H and O–H groups in total. The number of para-hydroxylation sites is 1. The summed E-state index contributed by atoms with van der Waals surface area (Å²) in [6, 6.07) is 12.9. The van der Waals surface area contributed by atoms with E-state index in [1.54, 1.807) is 12.1 Å². The Morgan fingerprint density at radius 2 is 1.94 bits per heavy atom. The number of benzene rings is 1. The SMILES string of the molecule is O=C(O)N(Cc1ccc(Br)s1)c1ccccc1. The smallest absolute Gasteiger partial charge is 0.412 e. The Labute approximate surface area is 111 Å². The maximum Gasteiger partial charge on any atom is 0.412 e. The Bertz CT molecular complexity index is 512. The van der Waals surface area contributed by atoms with Gasteiger partial charge in [-0.2, -0.15) is 0 Å². The molecule has 1 amide bonds. The first-order valence-corrected chi connectivity index (χ1v) is 6.57. The number of thiophene rings is 1. The summed E-state index contributed by atoms with van der Waals surface area (Å²) in [5.41, 5.74) is 0.685. The van der Waals surface area contributed by atoms with Crippen LogP contribution in [-0.4, -0.2) is 11.2 Å². The fraction of sp³-hybridized carbons (Fsp3) is 0.0833. The average Bonchev–Trinajstić information content (AvgIpc) is 2.73. The lowest BCUT2D eigenvalue weighted by Crippen LogP contribution is -2.28. The van der Waals surface area contributed by atoms with Crippen molar-refractivity contribution in [1.82, 2.24) is 0 Å². The third-order valence-electron chi connectivity index (χ3n) is 2.24. The van der Waals surface area contributed by atoms with Crippen LogP contribution in [0.15, 0.2) is 46.3 Å². The Morgan fingerprint density at radius 1 is 1.24 bits per heavy atom. The van der Waals surface area contributed by atoms with E-state index in [4.69, 9.17) is 0 Å². The number of anilines is 1. The molecule has 0 aliphatic rings. The van der Waals surface area contributed by atoms with Crippen molar-refractivity contribution in [1.29, 1.82) is 0 Å². The van der Waals surface area contributed by atoms with Gasteiger partial charge in [0.2, 0.25) is 0 Å². The number of hydrogen-bond donors (Lipinski definition) is 1. The molecule has 2 rings (SSSR count). The van der Waals surface area contributed by atoms with Crippen LogP contribution in [0.4, 0.5) is 10.5 Å². The highest BCUT2D eigenvalue weighted by Crippen LogP contribution is 2.25. The zero-order valence-corrected chi connectivity index (χ0v) is 11.2. The highest BCUT2D eigenvalue weighted by Gasteiger charge is 2.15. The van der Waals surface area contributed by atoms with Gasteiger partial charge in [-0.1, -0.05) is 18.2 Å². The van der Waals surface area contributed by atoms with Gasteiger partial charge in [0.05, 0.1) is 10.3 Å². The van der Waals surface area contributed by atoms with E-state index in [2.05, 4.69) is 15.9 Å². The number of halogens is 1. The minimum atomic E-state index is -0.944. The monoisotopic (exact) mass is 311 g/mol. The quantitative estimate of drug-likeness (QED) is 0.923. The van der Waals surface area contributed by atoms with Crippen LogP contribution in [-0.2, 0) is 6.54 Å². The Balaban J connectivity index is 2.22. The fourth-order valence-electron chi connectivity index (χ4n) is 1.47. The van der Waals surface area contributed by atoms with Crippen LogP contribution in [0.2, 0.25) is 0 Å². The van der Waals surface area contributed by atoms with E-state index in [-0.39, 0.29) is 0 Å². The lowest BCUT2D eigenvalue weighted by Gasteiger charge is -2.18. The van der Waals surface area contributed by atoms with Crippen LogP contribution < -0.4 is 4.90 Å². The number of rotatable bonds is 3. The zero-order valence-electron chi connectivity index (χ0n) is 8.84. The molecule has 17 heavy (non-hydrogen) atoms. The summed E-state index contributed by atoms with van der Waals surface area (Å²) in [4.78, 5) is 13.6. The molecule has 5 heteroatoms. The van der Waals surface area contributed by atoms with E-state index in [0.29, 0.717) is 12.2 Å². The number of nitrogens with zero attached hydrogens (tertiary/aromatic N) is 1. The van der Waals surface area contributed by atoms with E-state index in [0.717, 1.165) is 8.66 Å². The van der Waals surface area contributed by atoms with E-state index in [1.807, 2.05) is 30.3 Å². The second-order valence-electron chi connectivity index (χ2n) is 3.41. The molecule has 0 aliphatic heterocycles. The maximum atomic E-state index is 11.2. The molecule has 1 aromatic heterocycles. The molecule has 0 radical (unpaired) electrons. The van der Waals surface area contributed by atoms with Crippen LogP contribution in [0.3, 0.4) is 0 Å². The molecule has 0 atom stereocenters. The number of amides is 1. The van der Waals surface area contributed by atoms with Gasteiger partial charge in [0.15, 0.2) is 0 Å². The molecule has 0 bridgehead atoms. The van der Waals surface area contributed by atoms with Crippen LogP contribution in [0, 0.1) is 0 Å². The third-order valence-corrected chi connectivity index (χ3v) is 3.85. The molecule has 0 fully saturated rings. The van der Waals surface area contributed by atoms with Crippen molar-refractivity contribution in [2.24, 2.45) is 0 Å². The molecular formula is C12H10BrNO2S. The second kappa shape index (κ2) is 5.33. The summed E-state index contributed by atoms with van der Waals surface area (Å²) in [7, 11) is 0. The molecule has 1 aromatic carbocycles. The van der Waals surface area contributed by atoms with Gasteiger partial charge in [0, 0.05) is 10.6 Å². The fourth-order valence-corrected chi connectivity index (χ4v) is 2.94. The number of carboxylic acid groups (broad SMARTS) is 1. The Kier molecular flexibility index (Phi) is 3.81. The van der Waals surface area contributed by atoms with Gasteiger partial charge in [0.25, 0.3) is 0 Å². The molecule has 0 saturated heterocycles. The van der Waals surface area contributed by atoms with Gasteiger partial charge in [-0.15, -0.1) is 11.3 Å². The number of hydrogen-bond acceptors (Lipinski definition) is 2. The average molecular weight is 312 g/mol. The van der Waals surface area contributed by atoms with Crippen molar-refractivity contribution >= 4 is 39.0 Å². The van der Waals surface area contributed by atoms with Gasteiger partial charge in [-0.25, -0.2) is 4.79 Å². The number of carbonyl (C=O) groups is 1. The molecule has 0 spiro atoms. The van der Waals surface area contributed by atoms with Gasteiger partial charge >= 0.3 is 6.09 Å². The molecule has 0 aliphatic carbocycles. The second-order valence-corrected chi connectivity index (χ2v) is 5.96. The predicted molar refractivity (Wildman–Crippen MR) is 72.7 cm³/mol. The van der Waals surface area contributed by atoms with Crippen LogP contribution >= 0.6 is 27.3 Å². The highest BCUT2D eigenvalue weighted by atomic mass is 79.9. The first-order chi connectivity index (χ1) is 8.16. The van der Waals surface area contributed by atoms with Crippen LogP contribution in [0.1, 0.15) is 4.88 Å². The van der Waals surface area contributed by atoms with Gasteiger partial charge in [-0.05, 0) is 40.2 Å². The minimum Gasteiger partial charge on any atom is -0.465 e. The summed E-state index contributed by atoms with van der Waals surface area (Å²) in [6.45, 7) is 0.371. The third kappa shape index (κ3) is 3.08. The van der Waals surface area contributed by atoms with E-state index in [1.165, 1.54) is 16.2 Å². The van der Waals surface area contributed by atoms with Crippen molar-refractivity contribution in [3.63, 3.8) is 0 Å². The Hall–Kier alpha value is -1.33. The standard InChI is InChI=1S/C12H10BrNO2S/c13-11-7-6-10(17-11)8-14(12(15)16)9-4-2-1-3-5-9/h1-7H,8H2,(H,15,16). The lowest BCUT2D eigenvalue weighted by molar-refractivity contribution is 0.201. The van der Waals surface area contributed by atoms with Crippen LogP contribution in [0.5, 0.6) is 0 Å². The molecule has 88 valence electrons. The van der Waals surface area contributed by atoms with Crippen molar-refractivity contribution < 1.29 is 9.90 Å². The van der Waals surface area contributed by atoms with Crippen molar-refractivity contribution in [3.05, 3.63) is 51.1 Å². The topological polar surface area (TPSA) is 40.5 Å². The van der Waals surface area contributed by atoms with E-state index >= 15 is 0 Å². The predicted octanol–water partition coefficient (Wildman–Crippen LogP) is 4.20. The summed E-state index contributed by atoms with van der Waals surface area (Å²) < 4.78 is 1.01. The largest absolute Gasteiger partial charge is 0.465 e. The molecule has 2 aromatic rings. The molecular weight excluding hydrogens is 302 g/mol. The van der Waals surface area contributed by atoms with Gasteiger partial charge in [-0.3, -0.25) is 4.90 Å². The van der Waals surface area contributed by atoms with Gasteiger partial charge in [0.1, 0.15) is 0 Å². The first kappa shape index (κ1) is 12.1. The first-order valence-electron chi connectivity index (χ1n) is 4.96. The van der Waals surface area contributed by atoms with Crippen molar-refractivity contribution in [2.75, 3.05) is 4.90 Å².